The van der Waals surface area contributed by atoms with E-state index in [4.69, 9.17) is 9.15 Å². The molecule has 0 saturated carbocycles. The van der Waals surface area contributed by atoms with E-state index in [2.05, 4.69) is 10.2 Å². The number of esters is 1. The largest absolute Gasteiger partial charge is 0.452 e. The third-order valence-electron chi connectivity index (χ3n) is 5.21. The number of ketones is 2. The first-order valence-corrected chi connectivity index (χ1v) is 13.2. The van der Waals surface area contributed by atoms with Gasteiger partial charge in [0.1, 0.15) is 23.2 Å². The van der Waals surface area contributed by atoms with E-state index in [0.717, 1.165) is 17.3 Å². The number of fused-ring (bicyclic) bond motifs is 2. The van der Waals surface area contributed by atoms with Crippen LogP contribution in [0, 0.1) is 5.92 Å². The molecule has 1 aliphatic carbocycles. The van der Waals surface area contributed by atoms with Crippen molar-refractivity contribution in [3.05, 3.63) is 82.3 Å². The van der Waals surface area contributed by atoms with Crippen LogP contribution in [-0.2, 0) is 14.3 Å². The first-order chi connectivity index (χ1) is 17.0. The Bertz CT molecular complexity index is 1490. The molecule has 2 aliphatic rings. The molecule has 11 heteroatoms. The summed E-state index contributed by atoms with van der Waals surface area (Å²) in [6, 6.07) is 8.51. The van der Waals surface area contributed by atoms with E-state index in [-0.39, 0.29) is 28.6 Å². The van der Waals surface area contributed by atoms with Crippen molar-refractivity contribution in [3.8, 4) is 0 Å². The highest BCUT2D eigenvalue weighted by Crippen LogP contribution is 2.31. The van der Waals surface area contributed by atoms with Gasteiger partial charge in [-0.2, -0.15) is 0 Å². The van der Waals surface area contributed by atoms with Gasteiger partial charge < -0.3 is 9.15 Å². The molecule has 3 heterocycles. The number of hydrogen-bond donors (Lipinski definition) is 0. The van der Waals surface area contributed by atoms with Crippen molar-refractivity contribution < 1.29 is 23.5 Å². The minimum absolute atomic E-state index is 0.00799. The Labute approximate surface area is 211 Å². The molecule has 1 aliphatic heterocycles. The fraction of sp³-hybridized carbons (Fsp3) is 0.167. The minimum atomic E-state index is -0.946. The molecular weight excluding hydrogens is 508 g/mol. The van der Waals surface area contributed by atoms with Crippen LogP contribution < -0.4 is 5.63 Å². The maximum atomic E-state index is 12.6. The molecule has 8 nitrogen and oxygen atoms in total. The lowest BCUT2D eigenvalue weighted by atomic mass is 9.93. The second-order valence-corrected chi connectivity index (χ2v) is 11.0. The lowest BCUT2D eigenvalue weighted by Gasteiger charge is -2.25. The Morgan fingerprint density at radius 1 is 1.03 bits per heavy atom. The molecule has 5 rings (SSSR count). The molecule has 0 amide bonds. The third kappa shape index (κ3) is 5.21. The standard InChI is InChI=1S/C24H16N2O6S3/c27-17(15-9-13-5-1-3-7-19(13)31-21(15)29)11-33-23-25-26-24(35-23)34-12-18(28)16-10-14-6-2-4-8-20(14)32-22(16)30/h1-10,15,19H,11-12H2/t15-,19+/m0/s1. The molecule has 0 unspecified atom stereocenters. The van der Waals surface area contributed by atoms with Crippen LogP contribution in [0.4, 0.5) is 0 Å². The zero-order valence-electron chi connectivity index (χ0n) is 17.9. The number of aromatic nitrogens is 2. The summed E-state index contributed by atoms with van der Waals surface area (Å²) in [5.41, 5.74) is 0.519. The van der Waals surface area contributed by atoms with Crippen molar-refractivity contribution in [2.75, 3.05) is 11.5 Å². The third-order valence-corrected chi connectivity index (χ3v) is 8.42. The first kappa shape index (κ1) is 23.5. The van der Waals surface area contributed by atoms with Gasteiger partial charge in [0.05, 0.1) is 11.5 Å². The van der Waals surface area contributed by atoms with Crippen molar-refractivity contribution in [2.24, 2.45) is 5.92 Å². The Hall–Kier alpha value is -3.28. The van der Waals surface area contributed by atoms with E-state index in [1.165, 1.54) is 29.2 Å². The highest BCUT2D eigenvalue weighted by molar-refractivity contribution is 8.03. The van der Waals surface area contributed by atoms with Gasteiger partial charge in [-0.1, -0.05) is 77.4 Å². The zero-order chi connectivity index (χ0) is 24.4. The second-order valence-electron chi connectivity index (χ2n) is 7.53. The van der Waals surface area contributed by atoms with Crippen molar-refractivity contribution >= 4 is 63.4 Å². The quantitative estimate of drug-likeness (QED) is 0.141. The lowest BCUT2D eigenvalue weighted by Crippen LogP contribution is -2.34. The van der Waals surface area contributed by atoms with Crippen LogP contribution in [0.3, 0.4) is 0 Å². The van der Waals surface area contributed by atoms with Crippen molar-refractivity contribution in [2.45, 2.75) is 14.8 Å². The number of ether oxygens (including phenoxy) is 1. The number of nitrogens with zero attached hydrogens (tertiary/aromatic N) is 2. The molecule has 0 saturated heterocycles. The van der Waals surface area contributed by atoms with Gasteiger partial charge in [0, 0.05) is 5.39 Å². The molecule has 3 aromatic rings. The second kappa shape index (κ2) is 10.1. The summed E-state index contributed by atoms with van der Waals surface area (Å²) < 4.78 is 11.6. The average molecular weight is 525 g/mol. The molecule has 1 aromatic carbocycles. The van der Waals surface area contributed by atoms with E-state index in [0.29, 0.717) is 19.6 Å². The summed E-state index contributed by atoms with van der Waals surface area (Å²) >= 11 is 3.55. The molecule has 0 bridgehead atoms. The fourth-order valence-electron chi connectivity index (χ4n) is 3.48. The van der Waals surface area contributed by atoms with Crippen molar-refractivity contribution in [3.63, 3.8) is 0 Å². The SMILES string of the molecule is O=C(CSc1nnc(SCC(=O)[C@@H]2C=C3C=CC=C[C@H]3OC2=O)s1)c1cc2ccccc2oc1=O. The molecule has 0 fully saturated rings. The Kier molecular flexibility index (Phi) is 6.80. The van der Waals surface area contributed by atoms with Crippen LogP contribution in [0.1, 0.15) is 10.4 Å². The molecule has 2 aromatic heterocycles. The number of thioether (sulfide) groups is 2. The maximum absolute atomic E-state index is 12.6. The number of rotatable bonds is 8. The number of carbonyl (C=O) groups is 3. The van der Waals surface area contributed by atoms with Crippen LogP contribution in [-0.4, -0.2) is 45.3 Å². The van der Waals surface area contributed by atoms with E-state index in [9.17, 15) is 19.2 Å². The average Bonchev–Trinajstić information content (AvgIpc) is 3.33. The van der Waals surface area contributed by atoms with Gasteiger partial charge in [0.2, 0.25) is 0 Å². The van der Waals surface area contributed by atoms with Gasteiger partial charge in [-0.25, -0.2) is 4.79 Å². The van der Waals surface area contributed by atoms with Crippen LogP contribution in [0.15, 0.2) is 84.2 Å². The minimum Gasteiger partial charge on any atom is -0.452 e. The van der Waals surface area contributed by atoms with Gasteiger partial charge in [0.15, 0.2) is 20.2 Å². The van der Waals surface area contributed by atoms with Crippen LogP contribution in [0.2, 0.25) is 0 Å². The highest BCUT2D eigenvalue weighted by Gasteiger charge is 2.34. The van der Waals surface area contributed by atoms with E-state index in [1.807, 2.05) is 12.2 Å². The fourth-order valence-corrected chi connectivity index (χ4v) is 6.30. The molecule has 0 N–H and O–H groups in total. The van der Waals surface area contributed by atoms with Crippen LogP contribution in [0.25, 0.3) is 11.0 Å². The molecule has 176 valence electrons. The van der Waals surface area contributed by atoms with Crippen molar-refractivity contribution in [1.29, 1.82) is 0 Å². The van der Waals surface area contributed by atoms with Gasteiger partial charge in [-0.05, 0) is 23.8 Å². The summed E-state index contributed by atoms with van der Waals surface area (Å²) in [6.07, 6.45) is 8.42. The van der Waals surface area contributed by atoms with Crippen LogP contribution in [0.5, 0.6) is 0 Å². The van der Waals surface area contributed by atoms with Gasteiger partial charge in [-0.15, -0.1) is 10.2 Å². The predicted octanol–water partition coefficient (Wildman–Crippen LogP) is 3.87. The summed E-state index contributed by atoms with van der Waals surface area (Å²) in [6.45, 7) is 0. The number of Topliss-reactive ketones (excluding diaryl/α,β-unsaturated/α-hetero) is 2. The number of hydrogen-bond acceptors (Lipinski definition) is 11. The number of benzene rings is 1. The topological polar surface area (TPSA) is 116 Å². The lowest BCUT2D eigenvalue weighted by molar-refractivity contribution is -0.152. The molecule has 35 heavy (non-hydrogen) atoms. The first-order valence-electron chi connectivity index (χ1n) is 10.4. The molecule has 0 radical (unpaired) electrons. The van der Waals surface area contributed by atoms with Gasteiger partial charge >= 0.3 is 11.6 Å². The predicted molar refractivity (Wildman–Crippen MR) is 133 cm³/mol. The van der Waals surface area contributed by atoms with E-state index >= 15 is 0 Å². The van der Waals surface area contributed by atoms with Gasteiger partial charge in [-0.3, -0.25) is 14.4 Å². The smallest absolute Gasteiger partial charge is 0.347 e. The summed E-state index contributed by atoms with van der Waals surface area (Å²) in [5.74, 6) is -2.14. The highest BCUT2D eigenvalue weighted by atomic mass is 32.2. The van der Waals surface area contributed by atoms with Crippen molar-refractivity contribution in [1.82, 2.24) is 10.2 Å². The Morgan fingerprint density at radius 2 is 1.80 bits per heavy atom. The Morgan fingerprint density at radius 3 is 2.63 bits per heavy atom. The number of allylic oxidation sites excluding steroid dienone is 2. The number of carbonyl (C=O) groups excluding carboxylic acids is 3. The monoisotopic (exact) mass is 524 g/mol. The molecule has 0 spiro atoms. The van der Waals surface area contributed by atoms with Crippen LogP contribution >= 0.6 is 34.9 Å². The normalized spacial score (nSPS) is 18.7. The molecular formula is C24H16N2O6S3. The summed E-state index contributed by atoms with van der Waals surface area (Å²) in [4.78, 5) is 49.6. The van der Waals surface area contributed by atoms with E-state index < -0.39 is 23.6 Å². The number of para-hydroxylation sites is 1. The maximum Gasteiger partial charge on any atom is 0.347 e. The summed E-state index contributed by atoms with van der Waals surface area (Å²) in [5, 5.41) is 8.75. The van der Waals surface area contributed by atoms with E-state index in [1.54, 1.807) is 42.5 Å². The Balaban J connectivity index is 1.17. The zero-order valence-corrected chi connectivity index (χ0v) is 20.4. The molecule has 2 atom stereocenters. The van der Waals surface area contributed by atoms with Gasteiger partial charge in [0.25, 0.3) is 0 Å². The summed E-state index contributed by atoms with van der Waals surface area (Å²) in [7, 11) is 0.